The minimum Gasteiger partial charge on any atom is -0.474 e. The summed E-state index contributed by atoms with van der Waals surface area (Å²) < 4.78 is 6.32. The predicted molar refractivity (Wildman–Crippen MR) is 130 cm³/mol. The van der Waals surface area contributed by atoms with E-state index in [1.165, 1.54) is 5.56 Å². The zero-order valence-corrected chi connectivity index (χ0v) is 19.3. The molecule has 3 heterocycles. The van der Waals surface area contributed by atoms with Crippen LogP contribution in [-0.4, -0.2) is 45.4 Å². The highest BCUT2D eigenvalue weighted by atomic mass is 16.5. The summed E-state index contributed by atoms with van der Waals surface area (Å²) in [6, 6.07) is 8.34. The molecule has 7 nitrogen and oxygen atoms in total. The number of benzene rings is 1. The Labute approximate surface area is 195 Å². The molecule has 2 fully saturated rings. The van der Waals surface area contributed by atoms with E-state index in [2.05, 4.69) is 40.7 Å². The van der Waals surface area contributed by atoms with E-state index in [1.54, 1.807) is 0 Å². The van der Waals surface area contributed by atoms with Crippen LogP contribution in [0.25, 0.3) is 10.9 Å². The van der Waals surface area contributed by atoms with Crippen LogP contribution < -0.4 is 15.4 Å². The molecule has 3 N–H and O–H groups in total. The quantitative estimate of drug-likeness (QED) is 0.513. The molecule has 7 heteroatoms. The molecule has 0 amide bonds. The van der Waals surface area contributed by atoms with Crippen molar-refractivity contribution in [1.29, 1.82) is 0 Å². The average molecular weight is 448 g/mol. The fraction of sp³-hybridized carbons (Fsp3) is 0.500. The van der Waals surface area contributed by atoms with Gasteiger partial charge in [0.25, 0.3) is 0 Å². The first-order valence-electron chi connectivity index (χ1n) is 12.3. The van der Waals surface area contributed by atoms with Crippen LogP contribution in [0.1, 0.15) is 62.5 Å². The van der Waals surface area contributed by atoms with Gasteiger partial charge in [-0.1, -0.05) is 19.1 Å². The summed E-state index contributed by atoms with van der Waals surface area (Å²) in [5, 5.41) is 17.6. The van der Waals surface area contributed by atoms with Crippen molar-refractivity contribution in [2.24, 2.45) is 0 Å². The number of nitrogens with zero attached hydrogens (tertiary/aromatic N) is 3. The number of ether oxygens (including phenoxy) is 1. The molecule has 33 heavy (non-hydrogen) atoms. The lowest BCUT2D eigenvalue weighted by Crippen LogP contribution is -2.34. The zero-order valence-electron chi connectivity index (χ0n) is 19.3. The second-order valence-electron chi connectivity index (χ2n) is 9.23. The first-order chi connectivity index (χ1) is 16.2. The van der Waals surface area contributed by atoms with Gasteiger partial charge in [-0.3, -0.25) is 0 Å². The fourth-order valence-electron chi connectivity index (χ4n) is 4.93. The van der Waals surface area contributed by atoms with Gasteiger partial charge in [0.05, 0.1) is 17.0 Å². The third-order valence-electron chi connectivity index (χ3n) is 6.91. The highest BCUT2D eigenvalue weighted by Crippen LogP contribution is 2.38. The van der Waals surface area contributed by atoms with Gasteiger partial charge in [0.2, 0.25) is 11.8 Å². The normalized spacial score (nSPS) is 21.8. The van der Waals surface area contributed by atoms with Crippen LogP contribution in [0.2, 0.25) is 0 Å². The lowest BCUT2D eigenvalue weighted by Gasteiger charge is -2.27. The van der Waals surface area contributed by atoms with E-state index in [1.807, 2.05) is 18.5 Å². The number of aliphatic hydroxyl groups excluding tert-OH is 1. The molecule has 2 aliphatic rings. The third kappa shape index (κ3) is 5.09. The van der Waals surface area contributed by atoms with E-state index in [0.29, 0.717) is 17.7 Å². The van der Waals surface area contributed by atoms with Crippen LogP contribution in [-0.2, 0) is 6.42 Å². The van der Waals surface area contributed by atoms with E-state index in [0.717, 1.165) is 80.2 Å². The number of nitrogens with one attached hydrogen (secondary N) is 2. The average Bonchev–Trinajstić information content (AvgIpc) is 2.85. The van der Waals surface area contributed by atoms with Crippen molar-refractivity contribution in [3.63, 3.8) is 0 Å². The molecule has 1 saturated heterocycles. The third-order valence-corrected chi connectivity index (χ3v) is 6.91. The molecule has 3 aromatic rings. The molecule has 174 valence electrons. The van der Waals surface area contributed by atoms with Gasteiger partial charge in [0.1, 0.15) is 6.10 Å². The van der Waals surface area contributed by atoms with Crippen molar-refractivity contribution in [3.05, 3.63) is 47.8 Å². The molecule has 0 unspecified atom stereocenters. The van der Waals surface area contributed by atoms with Crippen LogP contribution in [0.4, 0.5) is 11.6 Å². The maximum Gasteiger partial charge on any atom is 0.227 e. The lowest BCUT2D eigenvalue weighted by atomic mass is 9.83. The summed E-state index contributed by atoms with van der Waals surface area (Å²) in [6.45, 7) is 4.08. The van der Waals surface area contributed by atoms with Crippen molar-refractivity contribution in [1.82, 2.24) is 20.3 Å². The first kappa shape index (κ1) is 22.0. The summed E-state index contributed by atoms with van der Waals surface area (Å²) in [5.74, 6) is 1.53. The predicted octanol–water partition coefficient (Wildman–Crippen LogP) is 4.48. The van der Waals surface area contributed by atoms with E-state index in [9.17, 15) is 5.11 Å². The van der Waals surface area contributed by atoms with Crippen molar-refractivity contribution < 1.29 is 9.84 Å². The highest BCUT2D eigenvalue weighted by Gasteiger charge is 2.25. The SMILES string of the molecule is CCc1cccc(Nc2ncc3c(OC4CCNCC4)ncc(C4CCC(O)CC4)c3n2)c1. The number of anilines is 2. The largest absolute Gasteiger partial charge is 0.474 e. The molecule has 0 radical (unpaired) electrons. The molecule has 1 aromatic carbocycles. The number of hydrogen-bond donors (Lipinski definition) is 3. The number of rotatable bonds is 6. The van der Waals surface area contributed by atoms with E-state index in [-0.39, 0.29) is 12.2 Å². The van der Waals surface area contributed by atoms with Gasteiger partial charge in [-0.15, -0.1) is 0 Å². The topological polar surface area (TPSA) is 92.2 Å². The van der Waals surface area contributed by atoms with Gasteiger partial charge in [-0.25, -0.2) is 15.0 Å². The maximum absolute atomic E-state index is 9.99. The zero-order chi connectivity index (χ0) is 22.6. The highest BCUT2D eigenvalue weighted by molar-refractivity contribution is 5.87. The Morgan fingerprint density at radius 3 is 2.67 bits per heavy atom. The van der Waals surface area contributed by atoms with E-state index in [4.69, 9.17) is 14.7 Å². The Morgan fingerprint density at radius 2 is 1.88 bits per heavy atom. The Bertz CT molecular complexity index is 1090. The van der Waals surface area contributed by atoms with E-state index >= 15 is 0 Å². The monoisotopic (exact) mass is 447 g/mol. The number of aromatic nitrogens is 3. The molecule has 0 atom stereocenters. The Morgan fingerprint density at radius 1 is 1.06 bits per heavy atom. The van der Waals surface area contributed by atoms with Crippen molar-refractivity contribution >= 4 is 22.5 Å². The summed E-state index contributed by atoms with van der Waals surface area (Å²) >= 11 is 0. The summed E-state index contributed by atoms with van der Waals surface area (Å²) in [4.78, 5) is 14.3. The number of aryl methyl sites for hydroxylation is 1. The number of pyridine rings is 1. The van der Waals surface area contributed by atoms with Crippen LogP contribution >= 0.6 is 0 Å². The standard InChI is InChI=1S/C26H33N5O2/c1-2-17-4-3-5-19(14-17)30-26-29-16-23-24(31-26)22(18-6-8-20(32)9-7-18)15-28-25(23)33-21-10-12-27-13-11-21/h3-5,14-16,18,20-21,27,32H,2,6-13H2,1H3,(H,29,30,31). The molecular weight excluding hydrogens is 414 g/mol. The number of fused-ring (bicyclic) bond motifs is 1. The van der Waals surface area contributed by atoms with Crippen molar-refractivity contribution in [2.45, 2.75) is 70.0 Å². The second-order valence-corrected chi connectivity index (χ2v) is 9.23. The fourth-order valence-corrected chi connectivity index (χ4v) is 4.93. The Hall–Kier alpha value is -2.77. The van der Waals surface area contributed by atoms with Crippen molar-refractivity contribution in [3.8, 4) is 5.88 Å². The van der Waals surface area contributed by atoms with E-state index < -0.39 is 0 Å². The van der Waals surface area contributed by atoms with Gasteiger partial charge in [-0.2, -0.15) is 0 Å². The molecule has 2 aromatic heterocycles. The summed E-state index contributed by atoms with van der Waals surface area (Å²) in [6.07, 6.45) is 10.2. The van der Waals surface area contributed by atoms with Crippen LogP contribution in [0.3, 0.4) is 0 Å². The Kier molecular flexibility index (Phi) is 6.69. The summed E-state index contributed by atoms with van der Waals surface area (Å²) in [5.41, 5.74) is 4.28. The molecule has 1 aliphatic carbocycles. The molecular formula is C26H33N5O2. The lowest BCUT2D eigenvalue weighted by molar-refractivity contribution is 0.122. The van der Waals surface area contributed by atoms with Crippen LogP contribution in [0.5, 0.6) is 5.88 Å². The van der Waals surface area contributed by atoms with Crippen molar-refractivity contribution in [2.75, 3.05) is 18.4 Å². The molecule has 0 bridgehead atoms. The molecule has 0 spiro atoms. The Balaban J connectivity index is 1.50. The smallest absolute Gasteiger partial charge is 0.227 e. The van der Waals surface area contributed by atoms with Gasteiger partial charge in [0, 0.05) is 23.6 Å². The minimum absolute atomic E-state index is 0.159. The minimum atomic E-state index is -0.194. The molecule has 1 aliphatic heterocycles. The number of hydrogen-bond acceptors (Lipinski definition) is 7. The van der Waals surface area contributed by atoms with Gasteiger partial charge in [0.15, 0.2) is 0 Å². The summed E-state index contributed by atoms with van der Waals surface area (Å²) in [7, 11) is 0. The van der Waals surface area contributed by atoms with Crippen LogP contribution in [0, 0.1) is 0 Å². The molecule has 1 saturated carbocycles. The number of aliphatic hydroxyl groups is 1. The number of piperidine rings is 1. The maximum atomic E-state index is 9.99. The van der Waals surface area contributed by atoms with Crippen LogP contribution in [0.15, 0.2) is 36.7 Å². The first-order valence-corrected chi connectivity index (χ1v) is 12.3. The van der Waals surface area contributed by atoms with Gasteiger partial charge in [-0.05, 0) is 81.6 Å². The molecule has 5 rings (SSSR count). The second kappa shape index (κ2) is 10.0. The van der Waals surface area contributed by atoms with Gasteiger partial charge < -0.3 is 20.5 Å². The van der Waals surface area contributed by atoms with Gasteiger partial charge >= 0.3 is 0 Å².